The van der Waals surface area contributed by atoms with Crippen molar-refractivity contribution in [2.45, 2.75) is 13.5 Å². The van der Waals surface area contributed by atoms with Crippen LogP contribution in [0.1, 0.15) is 11.1 Å². The van der Waals surface area contributed by atoms with Crippen LogP contribution in [-0.2, 0) is 6.54 Å². The van der Waals surface area contributed by atoms with E-state index in [-0.39, 0.29) is 12.4 Å². The van der Waals surface area contributed by atoms with E-state index in [1.165, 1.54) is 12.1 Å². The Morgan fingerprint density at radius 2 is 1.95 bits per heavy atom. The molecule has 0 aliphatic rings. The summed E-state index contributed by atoms with van der Waals surface area (Å²) in [7, 11) is 0. The third-order valence-electron chi connectivity index (χ3n) is 2.95. The summed E-state index contributed by atoms with van der Waals surface area (Å²) in [6.45, 7) is 2.56. The summed E-state index contributed by atoms with van der Waals surface area (Å²) in [6.07, 6.45) is 0. The molecule has 0 heterocycles. The number of benzene rings is 2. The van der Waals surface area contributed by atoms with Gasteiger partial charge in [0.15, 0.2) is 6.61 Å². The number of nitrogens with one attached hydrogen (secondary N) is 1. The lowest BCUT2D eigenvalue weighted by atomic mass is 10.1. The largest absolute Gasteiger partial charge is 0.479 e. The molecule has 0 saturated carbocycles. The highest BCUT2D eigenvalue weighted by Gasteiger charge is 2.00. The van der Waals surface area contributed by atoms with Crippen LogP contribution in [0, 0.1) is 24.1 Å². The summed E-state index contributed by atoms with van der Waals surface area (Å²) in [5, 5.41) is 11.7. The predicted molar refractivity (Wildman–Crippen MR) is 76.0 cm³/mol. The predicted octanol–water partition coefficient (Wildman–Crippen LogP) is 3.65. The first-order valence-electron chi connectivity index (χ1n) is 6.28. The Balaban J connectivity index is 1.95. The minimum absolute atomic E-state index is 0.0432. The average Bonchev–Trinajstić information content (AvgIpc) is 2.45. The van der Waals surface area contributed by atoms with Crippen LogP contribution >= 0.6 is 0 Å². The molecule has 2 rings (SSSR count). The molecule has 4 heteroatoms. The number of nitriles is 1. The van der Waals surface area contributed by atoms with Crippen LogP contribution in [0.4, 0.5) is 10.1 Å². The molecule has 0 fully saturated rings. The lowest BCUT2D eigenvalue weighted by Gasteiger charge is -2.10. The second-order valence-corrected chi connectivity index (χ2v) is 4.40. The maximum atomic E-state index is 13.0. The van der Waals surface area contributed by atoms with E-state index in [1.54, 1.807) is 18.2 Å². The van der Waals surface area contributed by atoms with Gasteiger partial charge in [-0.25, -0.2) is 4.39 Å². The summed E-state index contributed by atoms with van der Waals surface area (Å²) in [4.78, 5) is 0. The van der Waals surface area contributed by atoms with E-state index >= 15 is 0 Å². The van der Waals surface area contributed by atoms with E-state index in [2.05, 4.69) is 5.32 Å². The number of hydrogen-bond donors (Lipinski definition) is 1. The quantitative estimate of drug-likeness (QED) is 0.902. The van der Waals surface area contributed by atoms with Gasteiger partial charge in [0.2, 0.25) is 0 Å². The smallest absolute Gasteiger partial charge is 0.174 e. The number of aryl methyl sites for hydroxylation is 1. The first kappa shape index (κ1) is 13.9. The Labute approximate surface area is 117 Å². The highest BCUT2D eigenvalue weighted by molar-refractivity contribution is 5.47. The van der Waals surface area contributed by atoms with Crippen LogP contribution in [0.25, 0.3) is 0 Å². The molecule has 0 saturated heterocycles. The van der Waals surface area contributed by atoms with E-state index in [0.717, 1.165) is 16.8 Å². The highest BCUT2D eigenvalue weighted by atomic mass is 19.1. The van der Waals surface area contributed by atoms with Crippen molar-refractivity contribution in [2.24, 2.45) is 0 Å². The molecule has 0 amide bonds. The van der Waals surface area contributed by atoms with Crippen molar-refractivity contribution < 1.29 is 9.13 Å². The molecule has 1 N–H and O–H groups in total. The van der Waals surface area contributed by atoms with Gasteiger partial charge in [-0.05, 0) is 54.4 Å². The molecule has 20 heavy (non-hydrogen) atoms. The number of halogens is 1. The molecule has 3 nitrogen and oxygen atoms in total. The van der Waals surface area contributed by atoms with Crippen molar-refractivity contribution in [3.8, 4) is 11.8 Å². The number of ether oxygens (including phenoxy) is 1. The van der Waals surface area contributed by atoms with Gasteiger partial charge < -0.3 is 10.1 Å². The molecule has 0 spiro atoms. The Morgan fingerprint density at radius 1 is 1.20 bits per heavy atom. The minimum atomic E-state index is -0.217. The van der Waals surface area contributed by atoms with Gasteiger partial charge in [-0.1, -0.05) is 6.07 Å². The van der Waals surface area contributed by atoms with Gasteiger partial charge in [0, 0.05) is 12.2 Å². The van der Waals surface area contributed by atoms with Crippen LogP contribution < -0.4 is 10.1 Å². The zero-order chi connectivity index (χ0) is 14.4. The second-order valence-electron chi connectivity index (χ2n) is 4.40. The summed E-state index contributed by atoms with van der Waals surface area (Å²) < 4.78 is 18.2. The zero-order valence-corrected chi connectivity index (χ0v) is 11.2. The first-order valence-corrected chi connectivity index (χ1v) is 6.28. The topological polar surface area (TPSA) is 45.0 Å². The molecule has 0 aromatic heterocycles. The van der Waals surface area contributed by atoms with Gasteiger partial charge in [0.1, 0.15) is 17.6 Å². The van der Waals surface area contributed by atoms with Crippen LogP contribution in [0.3, 0.4) is 0 Å². The molecule has 102 valence electrons. The third-order valence-corrected chi connectivity index (χ3v) is 2.95. The fourth-order valence-electron chi connectivity index (χ4n) is 1.84. The number of rotatable bonds is 5. The van der Waals surface area contributed by atoms with Crippen LogP contribution in [0.2, 0.25) is 0 Å². The number of hydrogen-bond acceptors (Lipinski definition) is 3. The van der Waals surface area contributed by atoms with E-state index in [0.29, 0.717) is 12.3 Å². The molecule has 2 aromatic rings. The Hall–Kier alpha value is -2.54. The lowest BCUT2D eigenvalue weighted by molar-refractivity contribution is 0.368. The van der Waals surface area contributed by atoms with E-state index in [1.807, 2.05) is 25.1 Å². The number of nitrogens with zero attached hydrogens (tertiary/aromatic N) is 1. The van der Waals surface area contributed by atoms with Crippen molar-refractivity contribution in [2.75, 3.05) is 11.9 Å². The summed E-state index contributed by atoms with van der Waals surface area (Å²) in [5.74, 6) is 0.445. The van der Waals surface area contributed by atoms with Crippen LogP contribution in [0.5, 0.6) is 5.75 Å². The van der Waals surface area contributed by atoms with Crippen molar-refractivity contribution in [1.82, 2.24) is 0 Å². The van der Waals surface area contributed by atoms with Gasteiger partial charge in [-0.2, -0.15) is 5.26 Å². The minimum Gasteiger partial charge on any atom is -0.479 e. The maximum Gasteiger partial charge on any atom is 0.174 e. The standard InChI is InChI=1S/C16H15FN2O/c1-12-10-14(17)3-2-13(12)11-19-15-4-6-16(7-5-15)20-9-8-18/h2-7,10,19H,9,11H2,1H3. The third kappa shape index (κ3) is 3.72. The van der Waals surface area contributed by atoms with Crippen molar-refractivity contribution in [1.29, 1.82) is 5.26 Å². The Kier molecular flexibility index (Phi) is 4.56. The van der Waals surface area contributed by atoms with Gasteiger partial charge in [-0.3, -0.25) is 0 Å². The molecule has 0 unspecified atom stereocenters. The van der Waals surface area contributed by atoms with E-state index in [4.69, 9.17) is 10.00 Å². The molecular weight excluding hydrogens is 255 g/mol. The normalized spacial score (nSPS) is 9.85. The molecule has 0 radical (unpaired) electrons. The average molecular weight is 270 g/mol. The highest BCUT2D eigenvalue weighted by Crippen LogP contribution is 2.17. The summed E-state index contributed by atoms with van der Waals surface area (Å²) in [5.41, 5.74) is 2.92. The molecular formula is C16H15FN2O. The first-order chi connectivity index (χ1) is 9.69. The second kappa shape index (κ2) is 6.58. The van der Waals surface area contributed by atoms with Crippen LogP contribution in [-0.4, -0.2) is 6.61 Å². The summed E-state index contributed by atoms with van der Waals surface area (Å²) in [6, 6.07) is 14.1. The fraction of sp³-hybridized carbons (Fsp3) is 0.188. The van der Waals surface area contributed by atoms with Gasteiger partial charge in [-0.15, -0.1) is 0 Å². The fourth-order valence-corrected chi connectivity index (χ4v) is 1.84. The molecule has 2 aromatic carbocycles. The van der Waals surface area contributed by atoms with Crippen molar-refractivity contribution in [3.05, 3.63) is 59.4 Å². The molecule has 0 atom stereocenters. The Bertz CT molecular complexity index is 617. The molecule has 0 aliphatic carbocycles. The van der Waals surface area contributed by atoms with E-state index < -0.39 is 0 Å². The Morgan fingerprint density at radius 3 is 2.60 bits per heavy atom. The summed E-state index contributed by atoms with van der Waals surface area (Å²) >= 11 is 0. The molecule has 0 aliphatic heterocycles. The van der Waals surface area contributed by atoms with Gasteiger partial charge >= 0.3 is 0 Å². The van der Waals surface area contributed by atoms with Gasteiger partial charge in [0.05, 0.1) is 0 Å². The number of anilines is 1. The monoisotopic (exact) mass is 270 g/mol. The van der Waals surface area contributed by atoms with Crippen molar-refractivity contribution >= 4 is 5.69 Å². The van der Waals surface area contributed by atoms with E-state index in [9.17, 15) is 4.39 Å². The maximum absolute atomic E-state index is 13.0. The zero-order valence-electron chi connectivity index (χ0n) is 11.2. The van der Waals surface area contributed by atoms with Crippen LogP contribution in [0.15, 0.2) is 42.5 Å². The molecule has 0 bridgehead atoms. The van der Waals surface area contributed by atoms with Crippen molar-refractivity contribution in [3.63, 3.8) is 0 Å². The SMILES string of the molecule is Cc1cc(F)ccc1CNc1ccc(OCC#N)cc1. The van der Waals surface area contributed by atoms with Gasteiger partial charge in [0.25, 0.3) is 0 Å². The lowest BCUT2D eigenvalue weighted by Crippen LogP contribution is -2.01.